The third-order valence-electron chi connectivity index (χ3n) is 9.04. The second-order valence-corrected chi connectivity index (χ2v) is 11.5. The zero-order valence-electron chi connectivity index (χ0n) is 23.9. The molecule has 0 spiro atoms. The highest BCUT2D eigenvalue weighted by Gasteiger charge is 2.35. The fourth-order valence-electron chi connectivity index (χ4n) is 7.09. The van der Waals surface area contributed by atoms with Gasteiger partial charge in [0.15, 0.2) is 0 Å². The molecule has 1 fully saturated rings. The first kappa shape index (κ1) is 25.3. The highest BCUT2D eigenvalue weighted by atomic mass is 16.6. The Morgan fingerprint density at radius 1 is 1.07 bits per heavy atom. The zero-order valence-corrected chi connectivity index (χ0v) is 23.9. The maximum absolute atomic E-state index is 13.4. The summed E-state index contributed by atoms with van der Waals surface area (Å²) in [7, 11) is 5.76. The Morgan fingerprint density at radius 3 is 2.70 bits per heavy atom. The van der Waals surface area contributed by atoms with Crippen LogP contribution < -0.4 is 5.32 Å². The third kappa shape index (κ3) is 3.94. The van der Waals surface area contributed by atoms with E-state index < -0.39 is 0 Å². The number of carbonyl (C=O) groups is 1. The molecule has 3 aliphatic rings. The Kier molecular flexibility index (Phi) is 6.16. The summed E-state index contributed by atoms with van der Waals surface area (Å²) in [5.74, 6) is 0.0223. The smallest absolute Gasteiger partial charge is 0.252 e. The molecule has 0 saturated carbocycles. The number of piperazine rings is 1. The van der Waals surface area contributed by atoms with Gasteiger partial charge in [-0.2, -0.15) is 5.10 Å². The van der Waals surface area contributed by atoms with Crippen LogP contribution in [0.25, 0.3) is 32.9 Å². The Hall–Kier alpha value is -3.69. The van der Waals surface area contributed by atoms with E-state index in [9.17, 15) is 4.79 Å². The first-order valence-electron chi connectivity index (χ1n) is 14.4. The molecule has 9 nitrogen and oxygen atoms in total. The molecular formula is C31H37N7O2. The van der Waals surface area contributed by atoms with Crippen LogP contribution in [0.15, 0.2) is 29.6 Å². The number of aryl methyl sites for hydroxylation is 4. The van der Waals surface area contributed by atoms with Crippen molar-refractivity contribution in [1.82, 2.24) is 29.5 Å². The number of rotatable bonds is 6. The number of oxime groups is 1. The van der Waals surface area contributed by atoms with Crippen molar-refractivity contribution in [3.63, 3.8) is 0 Å². The Morgan fingerprint density at radius 2 is 1.90 bits per heavy atom. The lowest BCUT2D eigenvalue weighted by molar-refractivity contribution is 0.0966. The largest absolute Gasteiger partial charge is 0.399 e. The number of nitrogens with one attached hydrogen (secondary N) is 1. The van der Waals surface area contributed by atoms with E-state index in [1.807, 2.05) is 18.7 Å². The summed E-state index contributed by atoms with van der Waals surface area (Å²) in [5, 5.41) is 14.5. The molecule has 0 bridgehead atoms. The maximum atomic E-state index is 13.4. The van der Waals surface area contributed by atoms with Crippen LogP contribution in [-0.2, 0) is 37.8 Å². The van der Waals surface area contributed by atoms with Gasteiger partial charge in [0.05, 0.1) is 22.5 Å². The number of aromatic nitrogens is 3. The summed E-state index contributed by atoms with van der Waals surface area (Å²) in [6, 6.07) is 6.61. The summed E-state index contributed by atoms with van der Waals surface area (Å²) in [5.41, 5.74) is 10.9. The van der Waals surface area contributed by atoms with Crippen molar-refractivity contribution in [1.29, 1.82) is 0 Å². The van der Waals surface area contributed by atoms with Crippen LogP contribution in [0, 0.1) is 0 Å². The maximum Gasteiger partial charge on any atom is 0.252 e. The molecule has 4 heterocycles. The fraction of sp³-hybridized carbons (Fsp3) is 0.452. The molecule has 0 unspecified atom stereocenters. The second-order valence-electron chi connectivity index (χ2n) is 11.5. The van der Waals surface area contributed by atoms with Crippen LogP contribution >= 0.6 is 0 Å². The minimum absolute atomic E-state index is 0.0223. The van der Waals surface area contributed by atoms with Crippen molar-refractivity contribution in [3.05, 3.63) is 52.3 Å². The number of hydrogen-bond donors (Lipinski definition) is 1. The van der Waals surface area contributed by atoms with Crippen molar-refractivity contribution < 1.29 is 9.63 Å². The number of carbonyl (C=O) groups excluding carboxylic acids is 1. The molecule has 2 aromatic carbocycles. The number of benzene rings is 2. The van der Waals surface area contributed by atoms with Crippen molar-refractivity contribution in [2.24, 2.45) is 12.2 Å². The summed E-state index contributed by atoms with van der Waals surface area (Å²) < 4.78 is 4.43. The molecule has 0 radical (unpaired) electrons. The van der Waals surface area contributed by atoms with Crippen LogP contribution in [0.5, 0.6) is 0 Å². The van der Waals surface area contributed by atoms with Gasteiger partial charge in [-0.15, -0.1) is 0 Å². The molecule has 208 valence electrons. The average molecular weight is 540 g/mol. The van der Waals surface area contributed by atoms with E-state index in [1.54, 1.807) is 7.11 Å². The van der Waals surface area contributed by atoms with Gasteiger partial charge in [-0.3, -0.25) is 9.48 Å². The molecule has 2 aromatic heterocycles. The second kappa shape index (κ2) is 9.74. The average Bonchev–Trinajstić information content (AvgIpc) is 3.62. The van der Waals surface area contributed by atoms with Gasteiger partial charge in [0.1, 0.15) is 7.11 Å². The zero-order chi connectivity index (χ0) is 27.5. The van der Waals surface area contributed by atoms with Crippen LogP contribution in [0.3, 0.4) is 0 Å². The van der Waals surface area contributed by atoms with Crippen molar-refractivity contribution >= 4 is 33.4 Å². The first-order chi connectivity index (χ1) is 19.4. The summed E-state index contributed by atoms with van der Waals surface area (Å²) >= 11 is 0. The quantitative estimate of drug-likeness (QED) is 0.300. The van der Waals surface area contributed by atoms with E-state index in [2.05, 4.69) is 56.3 Å². The first-order valence-corrected chi connectivity index (χ1v) is 14.4. The molecule has 1 saturated heterocycles. The van der Waals surface area contributed by atoms with Crippen LogP contribution in [-0.4, -0.2) is 82.6 Å². The highest BCUT2D eigenvalue weighted by Crippen LogP contribution is 2.46. The van der Waals surface area contributed by atoms with Crippen LogP contribution in [0.4, 0.5) is 0 Å². The minimum atomic E-state index is 0.0223. The van der Waals surface area contributed by atoms with E-state index in [4.69, 9.17) is 9.94 Å². The Balaban J connectivity index is 1.44. The van der Waals surface area contributed by atoms with Gasteiger partial charge in [0.25, 0.3) is 5.91 Å². The monoisotopic (exact) mass is 539 g/mol. The number of nitrogens with zero attached hydrogens (tertiary/aromatic N) is 6. The molecule has 1 aliphatic carbocycles. The topological polar surface area (TPSA) is 79.9 Å². The van der Waals surface area contributed by atoms with Gasteiger partial charge < -0.3 is 24.5 Å². The summed E-state index contributed by atoms with van der Waals surface area (Å²) in [6.07, 6.45) is 4.93. The van der Waals surface area contributed by atoms with Gasteiger partial charge >= 0.3 is 0 Å². The van der Waals surface area contributed by atoms with Crippen molar-refractivity contribution in [2.75, 3.05) is 46.9 Å². The van der Waals surface area contributed by atoms with Gasteiger partial charge in [0.2, 0.25) is 0 Å². The summed E-state index contributed by atoms with van der Waals surface area (Å²) in [4.78, 5) is 23.5. The van der Waals surface area contributed by atoms with Gasteiger partial charge in [-0.05, 0) is 68.6 Å². The predicted octanol–water partition coefficient (Wildman–Crippen LogP) is 3.54. The predicted molar refractivity (Wildman–Crippen MR) is 158 cm³/mol. The molecule has 0 atom stereocenters. The molecule has 1 amide bonds. The Labute approximate surface area is 234 Å². The molecule has 2 aliphatic heterocycles. The van der Waals surface area contributed by atoms with Crippen LogP contribution in [0.1, 0.15) is 46.1 Å². The van der Waals surface area contributed by atoms with E-state index >= 15 is 0 Å². The van der Waals surface area contributed by atoms with Crippen LogP contribution in [0.2, 0.25) is 0 Å². The lowest BCUT2D eigenvalue weighted by atomic mass is 9.82. The normalized spacial score (nSPS) is 17.8. The van der Waals surface area contributed by atoms with E-state index in [0.29, 0.717) is 6.54 Å². The SMILES string of the molecule is CO/N=C(\C)c1ccc2c(c1)c1c3c(c4c(c1n2CCCN1CCN(C)CC1)CCc1nn(C)cc1-4)C(=O)NC3. The molecule has 40 heavy (non-hydrogen) atoms. The van der Waals surface area contributed by atoms with Crippen molar-refractivity contribution in [3.8, 4) is 11.1 Å². The van der Waals surface area contributed by atoms with Gasteiger partial charge in [0, 0.05) is 79.9 Å². The van der Waals surface area contributed by atoms with E-state index in [-0.39, 0.29) is 5.91 Å². The van der Waals surface area contributed by atoms with Crippen molar-refractivity contribution in [2.45, 2.75) is 39.3 Å². The standard InChI is InChI=1S/C31H37N7O2/c1-19(34-40-4)20-6-9-26-22(16-20)28-23-17-32-31(39)29(23)27-21(7-8-25-24(27)18-36(3)33-25)30(28)38(26)11-5-10-37-14-12-35(2)13-15-37/h6,9,16,18H,5,7-8,10-15,17H2,1-4H3,(H,32,39)/b34-19+. The molecule has 7 rings (SSSR count). The lowest BCUT2D eigenvalue weighted by Gasteiger charge is -2.32. The third-order valence-corrected chi connectivity index (χ3v) is 9.04. The number of amides is 1. The number of hydrogen-bond acceptors (Lipinski definition) is 6. The molecule has 9 heteroatoms. The van der Waals surface area contributed by atoms with E-state index in [1.165, 1.54) is 27.4 Å². The Bertz CT molecular complexity index is 1690. The van der Waals surface area contributed by atoms with E-state index in [0.717, 1.165) is 97.8 Å². The molecule has 1 N–H and O–H groups in total. The number of fused-ring (bicyclic) bond motifs is 10. The van der Waals surface area contributed by atoms with Gasteiger partial charge in [-0.1, -0.05) is 11.2 Å². The fourth-order valence-corrected chi connectivity index (χ4v) is 7.09. The van der Waals surface area contributed by atoms with Gasteiger partial charge in [-0.25, -0.2) is 0 Å². The minimum Gasteiger partial charge on any atom is -0.399 e. The molecule has 4 aromatic rings. The molecular weight excluding hydrogens is 502 g/mol. The highest BCUT2D eigenvalue weighted by molar-refractivity contribution is 6.20. The lowest BCUT2D eigenvalue weighted by Crippen LogP contribution is -2.44. The number of likely N-dealkylation sites (N-methyl/N-ethyl adjacent to an activating group) is 1. The summed E-state index contributed by atoms with van der Waals surface area (Å²) in [6.45, 7) is 9.07.